The fraction of sp³-hybridized carbons (Fsp3) is 0.500. The first kappa shape index (κ1) is 17.0. The summed E-state index contributed by atoms with van der Waals surface area (Å²) < 4.78 is 0. The molecule has 1 rings (SSSR count). The van der Waals surface area contributed by atoms with Crippen LogP contribution in [0.15, 0.2) is 18.2 Å². The molecule has 5 nitrogen and oxygen atoms in total. The molecule has 0 bridgehead atoms. The normalized spacial score (nSPS) is 10.2. The molecule has 0 unspecified atom stereocenters. The molecule has 0 aliphatic heterocycles. The second kappa shape index (κ2) is 9.00. The molecule has 0 radical (unpaired) electrons. The van der Waals surface area contributed by atoms with Crippen molar-refractivity contribution in [3.05, 3.63) is 29.3 Å². The Morgan fingerprint density at radius 1 is 1.24 bits per heavy atom. The summed E-state index contributed by atoms with van der Waals surface area (Å²) in [5.74, 6) is -0.367. The van der Waals surface area contributed by atoms with Crippen molar-refractivity contribution >= 4 is 17.7 Å². The molecule has 0 aliphatic rings. The van der Waals surface area contributed by atoms with E-state index < -0.39 is 6.03 Å². The first-order valence-corrected chi connectivity index (χ1v) is 7.54. The van der Waals surface area contributed by atoms with Gasteiger partial charge in [-0.3, -0.25) is 10.7 Å². The van der Waals surface area contributed by atoms with Gasteiger partial charge in [0.2, 0.25) is 0 Å². The Kier molecular flexibility index (Phi) is 7.29. The standard InChI is InChI=1S/C16H26N4O/c1-3-4-5-6-7-8-13-9-10-14(12(2)11-13)19-16(21)20-15(17)18/h9-11H,3-8H2,1-2H3,(H5,17,18,19,20,21). The summed E-state index contributed by atoms with van der Waals surface area (Å²) in [6, 6.07) is 5.55. The maximum Gasteiger partial charge on any atom is 0.325 e. The van der Waals surface area contributed by atoms with Gasteiger partial charge < -0.3 is 11.1 Å². The molecule has 0 saturated carbocycles. The monoisotopic (exact) mass is 290 g/mol. The molecule has 0 aromatic heterocycles. The molecule has 0 atom stereocenters. The van der Waals surface area contributed by atoms with Crippen molar-refractivity contribution in [1.82, 2.24) is 5.32 Å². The molecule has 116 valence electrons. The van der Waals surface area contributed by atoms with Crippen LogP contribution in [0.3, 0.4) is 0 Å². The van der Waals surface area contributed by atoms with Crippen LogP contribution in [0.25, 0.3) is 0 Å². The highest BCUT2D eigenvalue weighted by atomic mass is 16.2. The van der Waals surface area contributed by atoms with E-state index in [4.69, 9.17) is 11.1 Å². The van der Waals surface area contributed by atoms with Crippen LogP contribution < -0.4 is 16.4 Å². The number of nitrogens with one attached hydrogen (secondary N) is 3. The van der Waals surface area contributed by atoms with Gasteiger partial charge >= 0.3 is 6.03 Å². The zero-order valence-corrected chi connectivity index (χ0v) is 13.0. The number of carbonyl (C=O) groups excluding carboxylic acids is 1. The van der Waals surface area contributed by atoms with Crippen molar-refractivity contribution in [1.29, 1.82) is 5.41 Å². The number of hydrogen-bond donors (Lipinski definition) is 4. The van der Waals surface area contributed by atoms with Gasteiger partial charge in [-0.1, -0.05) is 44.7 Å². The number of rotatable bonds is 7. The molecule has 0 saturated heterocycles. The fourth-order valence-corrected chi connectivity index (χ4v) is 2.23. The predicted molar refractivity (Wildman–Crippen MR) is 87.7 cm³/mol. The highest BCUT2D eigenvalue weighted by Gasteiger charge is 2.05. The summed E-state index contributed by atoms with van der Waals surface area (Å²) in [5, 5.41) is 11.9. The number of unbranched alkanes of at least 4 members (excludes halogenated alkanes) is 4. The van der Waals surface area contributed by atoms with Crippen LogP contribution in [-0.2, 0) is 6.42 Å². The number of amides is 2. The van der Waals surface area contributed by atoms with Crippen LogP contribution >= 0.6 is 0 Å². The Morgan fingerprint density at radius 2 is 1.95 bits per heavy atom. The van der Waals surface area contributed by atoms with Gasteiger partial charge in [-0.25, -0.2) is 4.79 Å². The number of benzene rings is 1. The maximum atomic E-state index is 11.5. The third-order valence-electron chi connectivity index (χ3n) is 3.36. The summed E-state index contributed by atoms with van der Waals surface area (Å²) in [6.45, 7) is 4.18. The number of guanidine groups is 1. The van der Waals surface area contributed by atoms with E-state index in [9.17, 15) is 4.79 Å². The fourth-order valence-electron chi connectivity index (χ4n) is 2.23. The van der Waals surface area contributed by atoms with E-state index >= 15 is 0 Å². The molecular formula is C16H26N4O. The Morgan fingerprint density at radius 3 is 2.57 bits per heavy atom. The van der Waals surface area contributed by atoms with E-state index in [0.29, 0.717) is 0 Å². The smallest absolute Gasteiger partial charge is 0.325 e. The highest BCUT2D eigenvalue weighted by Crippen LogP contribution is 2.18. The largest absolute Gasteiger partial charge is 0.370 e. The van der Waals surface area contributed by atoms with Gasteiger partial charge in [-0.2, -0.15) is 0 Å². The minimum absolute atomic E-state index is 0.367. The minimum Gasteiger partial charge on any atom is -0.370 e. The van der Waals surface area contributed by atoms with Gasteiger partial charge in [0.15, 0.2) is 5.96 Å². The maximum absolute atomic E-state index is 11.5. The van der Waals surface area contributed by atoms with Gasteiger partial charge in [0.25, 0.3) is 0 Å². The summed E-state index contributed by atoms with van der Waals surface area (Å²) in [6.07, 6.45) is 7.44. The SMILES string of the molecule is CCCCCCCc1ccc(NC(=O)NC(=N)N)c(C)c1. The lowest BCUT2D eigenvalue weighted by molar-refractivity contribution is 0.256. The highest BCUT2D eigenvalue weighted by molar-refractivity contribution is 6.01. The molecule has 2 amide bonds. The summed E-state index contributed by atoms with van der Waals surface area (Å²) in [5.41, 5.74) is 8.16. The van der Waals surface area contributed by atoms with E-state index in [-0.39, 0.29) is 5.96 Å². The van der Waals surface area contributed by atoms with Gasteiger partial charge in [0.1, 0.15) is 0 Å². The van der Waals surface area contributed by atoms with Crippen molar-refractivity contribution in [3.8, 4) is 0 Å². The number of urea groups is 1. The topological polar surface area (TPSA) is 91.0 Å². The second-order valence-electron chi connectivity index (χ2n) is 5.31. The molecule has 1 aromatic carbocycles. The van der Waals surface area contributed by atoms with Crippen molar-refractivity contribution in [2.24, 2.45) is 5.73 Å². The van der Waals surface area contributed by atoms with Crippen LogP contribution in [0.5, 0.6) is 0 Å². The molecule has 0 fully saturated rings. The van der Waals surface area contributed by atoms with Crippen molar-refractivity contribution in [2.45, 2.75) is 52.4 Å². The quantitative estimate of drug-likeness (QED) is 0.351. The van der Waals surface area contributed by atoms with E-state index in [2.05, 4.69) is 23.6 Å². The Bertz CT molecular complexity index is 485. The minimum atomic E-state index is -0.488. The van der Waals surface area contributed by atoms with E-state index in [0.717, 1.165) is 17.7 Å². The van der Waals surface area contributed by atoms with E-state index in [1.165, 1.54) is 37.7 Å². The Labute approximate surface area is 126 Å². The first-order chi connectivity index (χ1) is 10.0. The van der Waals surface area contributed by atoms with Crippen LogP contribution in [0, 0.1) is 12.3 Å². The third kappa shape index (κ3) is 6.79. The molecule has 1 aromatic rings. The van der Waals surface area contributed by atoms with Crippen molar-refractivity contribution in [3.63, 3.8) is 0 Å². The summed E-state index contributed by atoms with van der Waals surface area (Å²) >= 11 is 0. The number of aryl methyl sites for hydroxylation is 2. The molecule has 0 spiro atoms. The molecule has 5 heteroatoms. The Balaban J connectivity index is 2.48. The average Bonchev–Trinajstić information content (AvgIpc) is 2.40. The first-order valence-electron chi connectivity index (χ1n) is 7.54. The van der Waals surface area contributed by atoms with Crippen LogP contribution in [-0.4, -0.2) is 12.0 Å². The zero-order chi connectivity index (χ0) is 15.7. The second-order valence-corrected chi connectivity index (χ2v) is 5.31. The lowest BCUT2D eigenvalue weighted by atomic mass is 10.0. The number of nitrogens with two attached hydrogens (primary N) is 1. The van der Waals surface area contributed by atoms with Crippen molar-refractivity contribution in [2.75, 3.05) is 5.32 Å². The Hall–Kier alpha value is -2.04. The summed E-state index contributed by atoms with van der Waals surface area (Å²) in [7, 11) is 0. The lowest BCUT2D eigenvalue weighted by Gasteiger charge is -2.10. The van der Waals surface area contributed by atoms with Gasteiger partial charge in [0.05, 0.1) is 0 Å². The molecule has 21 heavy (non-hydrogen) atoms. The molecular weight excluding hydrogens is 264 g/mol. The number of carbonyl (C=O) groups is 1. The molecule has 0 heterocycles. The van der Waals surface area contributed by atoms with Crippen molar-refractivity contribution < 1.29 is 4.79 Å². The van der Waals surface area contributed by atoms with Gasteiger partial charge in [-0.15, -0.1) is 0 Å². The molecule has 5 N–H and O–H groups in total. The predicted octanol–water partition coefficient (Wildman–Crippen LogP) is 3.52. The van der Waals surface area contributed by atoms with E-state index in [1.807, 2.05) is 19.1 Å². The third-order valence-corrected chi connectivity index (χ3v) is 3.36. The average molecular weight is 290 g/mol. The number of hydrogen-bond acceptors (Lipinski definition) is 2. The molecule has 0 aliphatic carbocycles. The number of anilines is 1. The van der Waals surface area contributed by atoms with Crippen LogP contribution in [0.2, 0.25) is 0 Å². The lowest BCUT2D eigenvalue weighted by Crippen LogP contribution is -2.38. The van der Waals surface area contributed by atoms with E-state index in [1.54, 1.807) is 0 Å². The van der Waals surface area contributed by atoms with Gasteiger partial charge in [-0.05, 0) is 37.0 Å². The summed E-state index contributed by atoms with van der Waals surface area (Å²) in [4.78, 5) is 11.5. The van der Waals surface area contributed by atoms with Gasteiger partial charge in [0, 0.05) is 5.69 Å². The zero-order valence-electron chi connectivity index (χ0n) is 13.0. The van der Waals surface area contributed by atoms with Crippen LogP contribution in [0.1, 0.15) is 50.2 Å². The van der Waals surface area contributed by atoms with Crippen LogP contribution in [0.4, 0.5) is 10.5 Å².